The number of rotatable bonds is 3. The van der Waals surface area contributed by atoms with Gasteiger partial charge in [0.05, 0.1) is 0 Å². The summed E-state index contributed by atoms with van der Waals surface area (Å²) in [6.45, 7) is 7.11. The Bertz CT molecular complexity index is 295. The summed E-state index contributed by atoms with van der Waals surface area (Å²) in [4.78, 5) is 6.63. The first-order chi connectivity index (χ1) is 7.25. The van der Waals surface area contributed by atoms with Crippen LogP contribution in [0.15, 0.2) is 24.5 Å². The van der Waals surface area contributed by atoms with Gasteiger partial charge in [-0.15, -0.1) is 0 Å². The summed E-state index contributed by atoms with van der Waals surface area (Å²) in [6.07, 6.45) is 6.35. The summed E-state index contributed by atoms with van der Waals surface area (Å²) >= 11 is 0. The topological polar surface area (TPSA) is 16.1 Å². The Hall–Kier alpha value is -0.890. The molecule has 1 atom stereocenters. The van der Waals surface area contributed by atoms with Crippen LogP contribution in [0.3, 0.4) is 0 Å². The van der Waals surface area contributed by atoms with E-state index in [2.05, 4.69) is 35.9 Å². The van der Waals surface area contributed by atoms with Crippen LogP contribution in [0.2, 0.25) is 0 Å². The zero-order valence-electron chi connectivity index (χ0n) is 9.69. The Morgan fingerprint density at radius 3 is 2.73 bits per heavy atom. The van der Waals surface area contributed by atoms with E-state index in [9.17, 15) is 0 Å². The SMILES string of the molecule is CC(C)N1CCC(Cc2ccncc2)C1. The molecule has 1 aromatic rings. The highest BCUT2D eigenvalue weighted by Crippen LogP contribution is 2.21. The molecular weight excluding hydrogens is 184 g/mol. The fourth-order valence-corrected chi connectivity index (χ4v) is 2.35. The number of nitrogens with zero attached hydrogens (tertiary/aromatic N) is 2. The lowest BCUT2D eigenvalue weighted by molar-refractivity contribution is 0.265. The van der Waals surface area contributed by atoms with Crippen molar-refractivity contribution < 1.29 is 0 Å². The second kappa shape index (κ2) is 4.75. The number of likely N-dealkylation sites (tertiary alicyclic amines) is 1. The summed E-state index contributed by atoms with van der Waals surface area (Å²) in [6, 6.07) is 4.98. The lowest BCUT2D eigenvalue weighted by Gasteiger charge is -2.20. The predicted molar refractivity (Wildman–Crippen MR) is 62.8 cm³/mol. The first kappa shape index (κ1) is 10.6. The average molecular weight is 204 g/mol. The molecule has 1 unspecified atom stereocenters. The maximum Gasteiger partial charge on any atom is 0.0270 e. The van der Waals surface area contributed by atoms with Gasteiger partial charge in [0.2, 0.25) is 0 Å². The van der Waals surface area contributed by atoms with Crippen molar-refractivity contribution >= 4 is 0 Å². The van der Waals surface area contributed by atoms with Gasteiger partial charge in [0.1, 0.15) is 0 Å². The number of hydrogen-bond donors (Lipinski definition) is 0. The van der Waals surface area contributed by atoms with E-state index in [1.165, 1.54) is 31.5 Å². The Labute approximate surface area is 92.3 Å². The van der Waals surface area contributed by atoms with Crippen LogP contribution in [0.1, 0.15) is 25.8 Å². The van der Waals surface area contributed by atoms with Crippen molar-refractivity contribution in [2.24, 2.45) is 5.92 Å². The summed E-state index contributed by atoms with van der Waals surface area (Å²) in [5.74, 6) is 0.842. The molecule has 0 aromatic carbocycles. The molecule has 2 rings (SSSR count). The molecule has 0 bridgehead atoms. The second-order valence-electron chi connectivity index (χ2n) is 4.80. The molecule has 15 heavy (non-hydrogen) atoms. The largest absolute Gasteiger partial charge is 0.301 e. The fraction of sp³-hybridized carbons (Fsp3) is 0.615. The maximum atomic E-state index is 4.05. The zero-order chi connectivity index (χ0) is 10.7. The molecule has 2 nitrogen and oxygen atoms in total. The first-order valence-corrected chi connectivity index (χ1v) is 5.88. The number of hydrogen-bond acceptors (Lipinski definition) is 2. The highest BCUT2D eigenvalue weighted by molar-refractivity contribution is 5.11. The normalized spacial score (nSPS) is 22.5. The van der Waals surface area contributed by atoms with Gasteiger partial charge in [-0.25, -0.2) is 0 Å². The van der Waals surface area contributed by atoms with E-state index in [1.54, 1.807) is 0 Å². The highest BCUT2D eigenvalue weighted by Gasteiger charge is 2.23. The monoisotopic (exact) mass is 204 g/mol. The Balaban J connectivity index is 1.88. The molecule has 82 valence electrons. The van der Waals surface area contributed by atoms with Gasteiger partial charge in [-0.2, -0.15) is 0 Å². The van der Waals surface area contributed by atoms with Gasteiger partial charge < -0.3 is 4.90 Å². The van der Waals surface area contributed by atoms with E-state index < -0.39 is 0 Å². The summed E-state index contributed by atoms with van der Waals surface area (Å²) in [5.41, 5.74) is 1.43. The van der Waals surface area contributed by atoms with E-state index >= 15 is 0 Å². The van der Waals surface area contributed by atoms with Crippen LogP contribution in [0.5, 0.6) is 0 Å². The minimum atomic E-state index is 0.701. The predicted octanol–water partition coefficient (Wildman–Crippen LogP) is 2.35. The standard InChI is InChI=1S/C13H20N2/c1-11(2)15-8-5-13(10-15)9-12-3-6-14-7-4-12/h3-4,6-7,11,13H,5,8-10H2,1-2H3. The highest BCUT2D eigenvalue weighted by atomic mass is 15.2. The van der Waals surface area contributed by atoms with Crippen molar-refractivity contribution in [1.29, 1.82) is 0 Å². The molecule has 0 radical (unpaired) electrons. The van der Waals surface area contributed by atoms with E-state index in [4.69, 9.17) is 0 Å². The summed E-state index contributed by atoms with van der Waals surface area (Å²) in [5, 5.41) is 0. The third-order valence-electron chi connectivity index (χ3n) is 3.32. The minimum absolute atomic E-state index is 0.701. The number of pyridine rings is 1. The van der Waals surface area contributed by atoms with E-state index in [-0.39, 0.29) is 0 Å². The minimum Gasteiger partial charge on any atom is -0.301 e. The maximum absolute atomic E-state index is 4.05. The Morgan fingerprint density at radius 2 is 2.13 bits per heavy atom. The lowest BCUT2D eigenvalue weighted by atomic mass is 10.00. The molecular formula is C13H20N2. The fourth-order valence-electron chi connectivity index (χ4n) is 2.35. The van der Waals surface area contributed by atoms with Crippen LogP contribution < -0.4 is 0 Å². The lowest BCUT2D eigenvalue weighted by Crippen LogP contribution is -2.28. The van der Waals surface area contributed by atoms with E-state index in [1.807, 2.05) is 12.4 Å². The van der Waals surface area contributed by atoms with Gasteiger partial charge in [-0.05, 0) is 56.8 Å². The third kappa shape index (κ3) is 2.78. The van der Waals surface area contributed by atoms with Gasteiger partial charge in [-0.1, -0.05) is 0 Å². The zero-order valence-corrected chi connectivity index (χ0v) is 9.69. The molecule has 2 heterocycles. The van der Waals surface area contributed by atoms with Crippen LogP contribution in [0.25, 0.3) is 0 Å². The molecule has 0 N–H and O–H groups in total. The van der Waals surface area contributed by atoms with Gasteiger partial charge >= 0.3 is 0 Å². The summed E-state index contributed by atoms with van der Waals surface area (Å²) in [7, 11) is 0. The van der Waals surface area contributed by atoms with Crippen molar-refractivity contribution in [3.05, 3.63) is 30.1 Å². The van der Waals surface area contributed by atoms with Crippen molar-refractivity contribution in [3.8, 4) is 0 Å². The second-order valence-corrected chi connectivity index (χ2v) is 4.80. The third-order valence-corrected chi connectivity index (χ3v) is 3.32. The van der Waals surface area contributed by atoms with Gasteiger partial charge in [0.25, 0.3) is 0 Å². The Morgan fingerprint density at radius 1 is 1.40 bits per heavy atom. The van der Waals surface area contributed by atoms with Crippen molar-refractivity contribution in [1.82, 2.24) is 9.88 Å². The van der Waals surface area contributed by atoms with Crippen LogP contribution in [0, 0.1) is 5.92 Å². The summed E-state index contributed by atoms with van der Waals surface area (Å²) < 4.78 is 0. The molecule has 0 aliphatic carbocycles. The van der Waals surface area contributed by atoms with E-state index in [0.29, 0.717) is 6.04 Å². The van der Waals surface area contributed by atoms with Crippen molar-refractivity contribution in [2.45, 2.75) is 32.7 Å². The van der Waals surface area contributed by atoms with Crippen LogP contribution >= 0.6 is 0 Å². The average Bonchev–Trinajstić information content (AvgIpc) is 2.68. The van der Waals surface area contributed by atoms with Crippen molar-refractivity contribution in [3.63, 3.8) is 0 Å². The molecule has 1 aliphatic rings. The Kier molecular flexibility index (Phi) is 3.37. The quantitative estimate of drug-likeness (QED) is 0.751. The van der Waals surface area contributed by atoms with Crippen molar-refractivity contribution in [2.75, 3.05) is 13.1 Å². The molecule has 0 spiro atoms. The smallest absolute Gasteiger partial charge is 0.0270 e. The number of aromatic nitrogens is 1. The molecule has 1 aliphatic heterocycles. The molecule has 0 amide bonds. The van der Waals surface area contributed by atoms with Gasteiger partial charge in [0, 0.05) is 25.0 Å². The van der Waals surface area contributed by atoms with Crippen LogP contribution in [-0.2, 0) is 6.42 Å². The molecule has 1 aromatic heterocycles. The molecule has 1 fully saturated rings. The van der Waals surface area contributed by atoms with Crippen LogP contribution in [-0.4, -0.2) is 29.0 Å². The van der Waals surface area contributed by atoms with Crippen LogP contribution in [0.4, 0.5) is 0 Å². The van der Waals surface area contributed by atoms with Gasteiger partial charge in [-0.3, -0.25) is 4.98 Å². The van der Waals surface area contributed by atoms with Gasteiger partial charge in [0.15, 0.2) is 0 Å². The molecule has 1 saturated heterocycles. The molecule has 2 heteroatoms. The first-order valence-electron chi connectivity index (χ1n) is 5.88. The van der Waals surface area contributed by atoms with E-state index in [0.717, 1.165) is 5.92 Å². The molecule has 0 saturated carbocycles.